The van der Waals surface area contributed by atoms with Crippen molar-refractivity contribution in [2.24, 2.45) is 0 Å². The Hall–Kier alpha value is -3.13. The van der Waals surface area contributed by atoms with E-state index in [1.54, 1.807) is 30.3 Å². The number of benzene rings is 1. The highest BCUT2D eigenvalue weighted by atomic mass is 31.2. The molecule has 7 atom stereocenters. The van der Waals surface area contributed by atoms with Crippen LogP contribution in [-0.4, -0.2) is 72.3 Å². The molecule has 1 unspecified atom stereocenters. The Bertz CT molecular complexity index is 1420. The number of hydrogen-bond donors (Lipinski definition) is 4. The second kappa shape index (κ2) is 13.7. The summed E-state index contributed by atoms with van der Waals surface area (Å²) in [6, 6.07) is 7.44. The topological polar surface area (TPSA) is 193 Å². The highest BCUT2D eigenvalue weighted by molar-refractivity contribution is 7.52. The number of aromatic nitrogens is 4. The van der Waals surface area contributed by atoms with E-state index in [9.17, 15) is 19.6 Å². The Morgan fingerprint density at radius 2 is 1.91 bits per heavy atom. The summed E-state index contributed by atoms with van der Waals surface area (Å²) in [6.07, 6.45) is 1.87. The van der Waals surface area contributed by atoms with Gasteiger partial charge in [-0.1, -0.05) is 38.0 Å². The number of ether oxygens (including phenoxy) is 2. The van der Waals surface area contributed by atoms with Crippen LogP contribution in [0.1, 0.15) is 65.0 Å². The van der Waals surface area contributed by atoms with Crippen LogP contribution in [0.2, 0.25) is 0 Å². The van der Waals surface area contributed by atoms with Crippen LogP contribution in [0.5, 0.6) is 5.75 Å². The number of carbonyl (C=O) groups excluding carboxylic acids is 1. The largest absolute Gasteiger partial charge is 0.461 e. The third-order valence-corrected chi connectivity index (χ3v) is 9.37. The lowest BCUT2D eigenvalue weighted by Crippen LogP contribution is -2.42. The second-order valence-corrected chi connectivity index (χ2v) is 12.6. The Labute approximate surface area is 249 Å². The SMILES string of the molecule is CCC[C@H](NP(=O)(Oc1ccccc1)O[C@@H](C)[C@H]1O[C@@H](n2cnc3c(N)ncnc32)[C@H](O)[C@@H]1O)C(=O)OC1CCCCC1. The molecule has 43 heavy (non-hydrogen) atoms. The Balaban J connectivity index is 1.35. The van der Waals surface area contributed by atoms with Gasteiger partial charge in [0.15, 0.2) is 17.7 Å². The van der Waals surface area contributed by atoms with Crippen LogP contribution < -0.4 is 15.3 Å². The molecule has 5 N–H and O–H groups in total. The average molecular weight is 619 g/mol. The van der Waals surface area contributed by atoms with E-state index in [0.29, 0.717) is 24.0 Å². The van der Waals surface area contributed by atoms with Gasteiger partial charge in [-0.25, -0.2) is 19.5 Å². The molecule has 2 aromatic heterocycles. The molecule has 0 radical (unpaired) electrons. The van der Waals surface area contributed by atoms with Crippen molar-refractivity contribution in [2.75, 3.05) is 5.73 Å². The molecule has 1 aliphatic heterocycles. The molecule has 5 rings (SSSR count). The molecule has 3 aromatic rings. The van der Waals surface area contributed by atoms with E-state index in [-0.39, 0.29) is 17.7 Å². The van der Waals surface area contributed by atoms with Gasteiger partial charge in [-0.05, 0) is 51.2 Å². The molecule has 2 fully saturated rings. The molecule has 1 saturated heterocycles. The molecule has 1 aliphatic carbocycles. The van der Waals surface area contributed by atoms with Crippen molar-refractivity contribution in [1.82, 2.24) is 24.6 Å². The van der Waals surface area contributed by atoms with Crippen molar-refractivity contribution < 1.29 is 38.1 Å². The number of imidazole rings is 1. The summed E-state index contributed by atoms with van der Waals surface area (Å²) in [4.78, 5) is 25.5. The number of para-hydroxylation sites is 1. The van der Waals surface area contributed by atoms with Crippen LogP contribution in [0.25, 0.3) is 11.2 Å². The highest BCUT2D eigenvalue weighted by Gasteiger charge is 2.49. The van der Waals surface area contributed by atoms with E-state index in [0.717, 1.165) is 32.1 Å². The smallest absolute Gasteiger partial charge is 0.459 e. The van der Waals surface area contributed by atoms with Gasteiger partial charge in [0.25, 0.3) is 0 Å². The molecule has 14 nitrogen and oxygen atoms in total. The van der Waals surface area contributed by atoms with Crippen molar-refractivity contribution in [3.05, 3.63) is 43.0 Å². The number of nitrogen functional groups attached to an aromatic ring is 1. The Kier molecular flexibility index (Phi) is 9.95. The Morgan fingerprint density at radius 1 is 1.16 bits per heavy atom. The predicted molar refractivity (Wildman–Crippen MR) is 156 cm³/mol. The van der Waals surface area contributed by atoms with E-state index in [2.05, 4.69) is 20.0 Å². The van der Waals surface area contributed by atoms with Crippen molar-refractivity contribution >= 4 is 30.7 Å². The van der Waals surface area contributed by atoms with Gasteiger partial charge in [0.2, 0.25) is 0 Å². The quantitative estimate of drug-likeness (QED) is 0.171. The van der Waals surface area contributed by atoms with Crippen molar-refractivity contribution in [3.8, 4) is 5.75 Å². The van der Waals surface area contributed by atoms with Crippen LogP contribution in [-0.2, 0) is 23.4 Å². The third-order valence-electron chi connectivity index (χ3n) is 7.68. The number of carbonyl (C=O) groups is 1. The van der Waals surface area contributed by atoms with E-state index in [1.165, 1.54) is 24.1 Å². The maximum absolute atomic E-state index is 14.3. The predicted octanol–water partition coefficient (Wildman–Crippen LogP) is 3.25. The fraction of sp³-hybridized carbons (Fsp3) is 0.571. The van der Waals surface area contributed by atoms with Gasteiger partial charge < -0.3 is 29.9 Å². The lowest BCUT2D eigenvalue weighted by atomic mass is 9.98. The van der Waals surface area contributed by atoms with Crippen LogP contribution in [0.15, 0.2) is 43.0 Å². The lowest BCUT2D eigenvalue weighted by molar-refractivity contribution is -0.153. The first-order chi connectivity index (χ1) is 20.7. The molecule has 0 amide bonds. The number of aliphatic hydroxyl groups is 2. The molecular formula is C28H39N6O8P. The van der Waals surface area contributed by atoms with E-state index in [1.807, 2.05) is 6.92 Å². The second-order valence-electron chi connectivity index (χ2n) is 10.9. The summed E-state index contributed by atoms with van der Waals surface area (Å²) in [5.41, 5.74) is 6.50. The number of fused-ring (bicyclic) bond motifs is 1. The number of aliphatic hydroxyl groups excluding tert-OH is 2. The van der Waals surface area contributed by atoms with Gasteiger partial charge in [0, 0.05) is 0 Å². The first-order valence-corrected chi connectivity index (χ1v) is 16.2. The maximum atomic E-state index is 14.3. The van der Waals surface area contributed by atoms with Gasteiger partial charge in [0.1, 0.15) is 48.1 Å². The van der Waals surface area contributed by atoms with Gasteiger partial charge in [-0.3, -0.25) is 13.9 Å². The summed E-state index contributed by atoms with van der Waals surface area (Å²) in [7, 11) is -4.29. The molecule has 3 heterocycles. The lowest BCUT2D eigenvalue weighted by Gasteiger charge is -2.30. The summed E-state index contributed by atoms with van der Waals surface area (Å²) in [6.45, 7) is 3.44. The molecule has 1 aromatic carbocycles. The fourth-order valence-corrected chi connectivity index (χ4v) is 7.21. The molecule has 234 valence electrons. The number of esters is 1. The number of nitrogens with two attached hydrogens (primary N) is 1. The van der Waals surface area contributed by atoms with Crippen molar-refractivity contribution in [1.29, 1.82) is 0 Å². The number of anilines is 1. The molecule has 1 saturated carbocycles. The molecule has 0 bridgehead atoms. The monoisotopic (exact) mass is 618 g/mol. The number of hydrogen-bond acceptors (Lipinski definition) is 12. The van der Waals surface area contributed by atoms with Gasteiger partial charge >= 0.3 is 13.7 Å². The fourth-order valence-electron chi connectivity index (χ4n) is 5.48. The minimum absolute atomic E-state index is 0.152. The maximum Gasteiger partial charge on any atom is 0.459 e. The summed E-state index contributed by atoms with van der Waals surface area (Å²) in [5.74, 6) is -0.129. The normalized spacial score (nSPS) is 25.7. The van der Waals surface area contributed by atoms with E-state index in [4.69, 9.17) is 24.3 Å². The minimum atomic E-state index is -4.29. The molecule has 0 spiro atoms. The summed E-state index contributed by atoms with van der Waals surface area (Å²) in [5, 5.41) is 24.7. The number of nitrogens with one attached hydrogen (secondary N) is 1. The standard InChI is InChI=1S/C28H39N6O8P/c1-3-10-20(28(37)39-18-11-6-4-7-12-18)33-43(38,42-19-13-8-5-9-14-19)41-17(2)24-22(35)23(36)27(40-24)34-16-32-21-25(29)30-15-31-26(21)34/h5,8-9,13-18,20,22-24,27,35-36H,3-4,6-7,10-12H2,1-2H3,(H,33,38)(H2,29,30,31)/t17-,20-,22-,23+,24+,27+,43?/m0/s1. The zero-order valence-corrected chi connectivity index (χ0v) is 25.1. The van der Waals surface area contributed by atoms with Crippen LogP contribution >= 0.6 is 7.75 Å². The molecule has 2 aliphatic rings. The van der Waals surface area contributed by atoms with Crippen LogP contribution in [0.4, 0.5) is 5.82 Å². The summed E-state index contributed by atoms with van der Waals surface area (Å²) >= 11 is 0. The number of nitrogens with zero attached hydrogens (tertiary/aromatic N) is 4. The number of rotatable bonds is 12. The van der Waals surface area contributed by atoms with Crippen molar-refractivity contribution in [3.63, 3.8) is 0 Å². The molecular weight excluding hydrogens is 579 g/mol. The van der Waals surface area contributed by atoms with Gasteiger partial charge in [0.05, 0.1) is 12.4 Å². The zero-order chi connectivity index (χ0) is 30.6. The highest BCUT2D eigenvalue weighted by Crippen LogP contribution is 2.48. The first kappa shape index (κ1) is 31.3. The average Bonchev–Trinajstić information content (AvgIpc) is 3.55. The van der Waals surface area contributed by atoms with Gasteiger partial charge in [-0.2, -0.15) is 5.09 Å². The van der Waals surface area contributed by atoms with Gasteiger partial charge in [-0.15, -0.1) is 0 Å². The Morgan fingerprint density at radius 3 is 2.63 bits per heavy atom. The first-order valence-electron chi connectivity index (χ1n) is 14.6. The van der Waals surface area contributed by atoms with E-state index < -0.39 is 50.4 Å². The third kappa shape index (κ3) is 7.17. The summed E-state index contributed by atoms with van der Waals surface area (Å²) < 4.78 is 39.4. The zero-order valence-electron chi connectivity index (χ0n) is 24.2. The van der Waals surface area contributed by atoms with E-state index >= 15 is 0 Å². The van der Waals surface area contributed by atoms with Crippen LogP contribution in [0, 0.1) is 0 Å². The molecule has 15 heteroatoms. The minimum Gasteiger partial charge on any atom is -0.461 e. The van der Waals surface area contributed by atoms with Crippen molar-refractivity contribution in [2.45, 2.75) is 102 Å². The van der Waals surface area contributed by atoms with Crippen LogP contribution in [0.3, 0.4) is 0 Å².